The van der Waals surface area contributed by atoms with Gasteiger partial charge in [0.15, 0.2) is 5.82 Å². The van der Waals surface area contributed by atoms with Gasteiger partial charge in [-0.15, -0.1) is 0 Å². The Kier molecular flexibility index (Phi) is 7.87. The van der Waals surface area contributed by atoms with Gasteiger partial charge in [-0.25, -0.2) is 13.4 Å². The summed E-state index contributed by atoms with van der Waals surface area (Å²) in [4.78, 5) is 8.63. The molecular weight excluding hydrogens is 587 g/mol. The molecule has 5 heterocycles. The zero-order valence-electron chi connectivity index (χ0n) is 23.6. The van der Waals surface area contributed by atoms with Crippen molar-refractivity contribution in [3.05, 3.63) is 64.6 Å². The molecule has 0 saturated carbocycles. The molecule has 1 saturated heterocycles. The number of alkyl halides is 3. The molecule has 0 bridgehead atoms. The number of benzene rings is 1. The van der Waals surface area contributed by atoms with Crippen molar-refractivity contribution in [2.75, 3.05) is 49.1 Å². The Balaban J connectivity index is 1.15. The van der Waals surface area contributed by atoms with Crippen LogP contribution in [-0.4, -0.2) is 88.7 Å². The predicted molar refractivity (Wildman–Crippen MR) is 155 cm³/mol. The van der Waals surface area contributed by atoms with Crippen LogP contribution < -0.4 is 9.96 Å². The Hall–Kier alpha value is -3.24. The summed E-state index contributed by atoms with van der Waals surface area (Å²) < 4.78 is 67.0. The van der Waals surface area contributed by atoms with Gasteiger partial charge in [0.1, 0.15) is 0 Å². The monoisotopic (exact) mass is 620 g/mol. The summed E-state index contributed by atoms with van der Waals surface area (Å²) in [5.74, 6) is 0.706. The first-order valence-electron chi connectivity index (χ1n) is 14.2. The summed E-state index contributed by atoms with van der Waals surface area (Å²) >= 11 is 0. The van der Waals surface area contributed by atoms with Crippen molar-refractivity contribution in [2.45, 2.75) is 50.7 Å². The van der Waals surface area contributed by atoms with E-state index in [1.165, 1.54) is 16.4 Å². The first kappa shape index (κ1) is 29.8. The second-order valence-electron chi connectivity index (χ2n) is 11.4. The minimum Gasteiger partial charge on any atom is -0.757 e. The molecule has 0 radical (unpaired) electrons. The molecule has 15 heteroatoms. The molecule has 6 rings (SSSR count). The molecular formula is C28H33F3N7O4S-. The highest BCUT2D eigenvalue weighted by atomic mass is 32.2. The number of sulfonamides is 1. The van der Waals surface area contributed by atoms with Crippen molar-refractivity contribution in [2.24, 2.45) is 0 Å². The molecule has 2 aromatic heterocycles. The second-order valence-corrected chi connectivity index (χ2v) is 13.4. The Labute approximate surface area is 247 Å². The number of aliphatic hydroxyl groups is 1. The van der Waals surface area contributed by atoms with Gasteiger partial charge in [0.2, 0.25) is 10.0 Å². The lowest BCUT2D eigenvalue weighted by molar-refractivity contribution is -0.137. The maximum atomic E-state index is 13.1. The zero-order valence-corrected chi connectivity index (χ0v) is 24.4. The third-order valence-corrected chi connectivity index (χ3v) is 9.74. The molecule has 3 aliphatic rings. The summed E-state index contributed by atoms with van der Waals surface area (Å²) in [7, 11) is -3.49. The van der Waals surface area contributed by atoms with E-state index in [-0.39, 0.29) is 32.3 Å². The van der Waals surface area contributed by atoms with Crippen LogP contribution >= 0.6 is 0 Å². The maximum absolute atomic E-state index is 13.1. The van der Waals surface area contributed by atoms with E-state index in [0.29, 0.717) is 41.3 Å². The van der Waals surface area contributed by atoms with Gasteiger partial charge in [0.05, 0.1) is 42.5 Å². The number of hydrogen-bond donors (Lipinski definition) is 1. The molecule has 0 amide bonds. The number of β-amino-alcohol motifs (C(OH)–C–C–N with tert-alkyl or cyclic N) is 1. The fourth-order valence-corrected chi connectivity index (χ4v) is 7.08. The molecule has 1 atom stereocenters. The first-order chi connectivity index (χ1) is 20.4. The molecule has 0 spiro atoms. The summed E-state index contributed by atoms with van der Waals surface area (Å²) in [6, 6.07) is 8.36. The number of rotatable bonds is 7. The number of anilines is 2. The number of fused-ring (bicyclic) bond motifs is 2. The van der Waals surface area contributed by atoms with Crippen LogP contribution in [0.1, 0.15) is 29.7 Å². The molecule has 0 aliphatic carbocycles. The van der Waals surface area contributed by atoms with Gasteiger partial charge in [-0.1, -0.05) is 12.1 Å². The van der Waals surface area contributed by atoms with E-state index in [1.807, 2.05) is 0 Å². The molecule has 11 nitrogen and oxygen atoms in total. The van der Waals surface area contributed by atoms with Crippen LogP contribution in [0.4, 0.5) is 24.7 Å². The number of hydrogen-bond acceptors (Lipinski definition) is 9. The van der Waals surface area contributed by atoms with E-state index in [2.05, 4.69) is 19.9 Å². The topological polar surface area (TPSA) is 121 Å². The highest BCUT2D eigenvalue weighted by molar-refractivity contribution is 7.88. The normalized spacial score (nSPS) is 19.5. The van der Waals surface area contributed by atoms with Crippen molar-refractivity contribution in [1.82, 2.24) is 24.0 Å². The van der Waals surface area contributed by atoms with Gasteiger partial charge >= 0.3 is 6.18 Å². The number of hydroxylamine groups is 1. The lowest BCUT2D eigenvalue weighted by Crippen LogP contribution is -2.48. The molecule has 1 unspecified atom stereocenters. The minimum absolute atomic E-state index is 0.0589. The number of nitrogens with zero attached hydrogens (tertiary/aromatic N) is 7. The van der Waals surface area contributed by atoms with Crippen molar-refractivity contribution in [1.29, 1.82) is 0 Å². The average molecular weight is 621 g/mol. The van der Waals surface area contributed by atoms with Gasteiger partial charge in [-0.3, -0.25) is 4.68 Å². The number of aliphatic hydroxyl groups excluding tert-OH is 1. The number of halogens is 3. The van der Waals surface area contributed by atoms with Crippen LogP contribution in [0.3, 0.4) is 0 Å². The van der Waals surface area contributed by atoms with Crippen molar-refractivity contribution in [3.8, 4) is 11.3 Å². The van der Waals surface area contributed by atoms with Crippen LogP contribution in [0.5, 0.6) is 0 Å². The number of likely N-dealkylation sites (tertiary alicyclic amines) is 1. The lowest BCUT2D eigenvalue weighted by Gasteiger charge is -2.38. The molecule has 43 heavy (non-hydrogen) atoms. The van der Waals surface area contributed by atoms with Crippen LogP contribution in [0.25, 0.3) is 11.3 Å². The number of pyridine rings is 1. The van der Waals surface area contributed by atoms with Gasteiger partial charge in [0, 0.05) is 68.2 Å². The van der Waals surface area contributed by atoms with E-state index in [1.54, 1.807) is 23.0 Å². The van der Waals surface area contributed by atoms with Crippen molar-refractivity contribution < 1.29 is 26.7 Å². The maximum Gasteiger partial charge on any atom is 0.416 e. The average Bonchev–Trinajstić information content (AvgIpc) is 3.50. The van der Waals surface area contributed by atoms with E-state index >= 15 is 0 Å². The Bertz CT molecular complexity index is 1570. The third-order valence-electron chi connectivity index (χ3n) is 8.49. The summed E-state index contributed by atoms with van der Waals surface area (Å²) in [5.41, 5.74) is 2.07. The Morgan fingerprint density at radius 1 is 1.09 bits per heavy atom. The lowest BCUT2D eigenvalue weighted by atomic mass is 10.0. The van der Waals surface area contributed by atoms with Gasteiger partial charge in [0.25, 0.3) is 0 Å². The van der Waals surface area contributed by atoms with Crippen LogP contribution in [0.15, 0.2) is 42.6 Å². The van der Waals surface area contributed by atoms with Crippen molar-refractivity contribution in [3.63, 3.8) is 0 Å². The highest BCUT2D eigenvalue weighted by Gasteiger charge is 2.34. The summed E-state index contributed by atoms with van der Waals surface area (Å²) in [6.07, 6.45) is -0.443. The molecule has 3 aromatic rings. The standard InChI is InChI=1S/C28H33F3N7O4S/c1-43(41,42)35-14-10-24-23(17-35)26(19-4-6-20(7-5-19)28(29,30)31)33-37(24)16-22(39)15-34-12-8-21(9-13-34)36-18-38(40)25-3-2-11-32-27(25)36/h2-7,11,21-22,39H,8-10,12-18H2,1H3/q-1. The third kappa shape index (κ3) is 6.09. The van der Waals surface area contributed by atoms with Gasteiger partial charge in [-0.05, 0) is 37.1 Å². The molecule has 232 valence electrons. The van der Waals surface area contributed by atoms with E-state index < -0.39 is 27.9 Å². The van der Waals surface area contributed by atoms with Crippen LogP contribution in [0, 0.1) is 5.21 Å². The minimum atomic E-state index is -4.48. The zero-order chi connectivity index (χ0) is 30.5. The predicted octanol–water partition coefficient (Wildman–Crippen LogP) is 2.89. The SMILES string of the molecule is CS(=O)(=O)N1CCc2c(c(-c3ccc(C(F)(F)F)cc3)nn2CC(O)CN2CCC(N3CN([O-])c4cccnc43)CC2)C1. The van der Waals surface area contributed by atoms with E-state index in [9.17, 15) is 31.9 Å². The smallest absolute Gasteiger partial charge is 0.416 e. The number of piperidine rings is 1. The van der Waals surface area contributed by atoms with Crippen LogP contribution in [-0.2, 0) is 35.7 Å². The molecule has 1 aromatic carbocycles. The molecule has 3 aliphatic heterocycles. The van der Waals surface area contributed by atoms with Gasteiger partial charge < -0.3 is 25.2 Å². The summed E-state index contributed by atoms with van der Waals surface area (Å²) in [5, 5.41) is 29.0. The first-order valence-corrected chi connectivity index (χ1v) is 16.0. The fourth-order valence-electron chi connectivity index (χ4n) is 6.29. The van der Waals surface area contributed by atoms with E-state index in [4.69, 9.17) is 0 Å². The molecule has 1 fully saturated rings. The highest BCUT2D eigenvalue weighted by Crippen LogP contribution is 2.37. The van der Waals surface area contributed by atoms with E-state index in [0.717, 1.165) is 55.1 Å². The Morgan fingerprint density at radius 3 is 2.49 bits per heavy atom. The van der Waals surface area contributed by atoms with Crippen LogP contribution in [0.2, 0.25) is 0 Å². The summed E-state index contributed by atoms with van der Waals surface area (Å²) in [6.45, 7) is 2.59. The quantitative estimate of drug-likeness (QED) is 0.425. The second kappa shape index (κ2) is 11.4. The fraction of sp³-hybridized carbons (Fsp3) is 0.500. The number of aromatic nitrogens is 3. The Morgan fingerprint density at radius 2 is 1.81 bits per heavy atom. The van der Waals surface area contributed by atoms with Crippen molar-refractivity contribution >= 4 is 21.5 Å². The van der Waals surface area contributed by atoms with Gasteiger partial charge in [-0.2, -0.15) is 22.6 Å². The largest absolute Gasteiger partial charge is 0.757 e. The molecule has 1 N–H and O–H groups in total.